The van der Waals surface area contributed by atoms with Gasteiger partial charge in [0, 0.05) is 37.6 Å². The van der Waals surface area contributed by atoms with E-state index >= 15 is 0 Å². The Bertz CT molecular complexity index is 424. The van der Waals surface area contributed by atoms with Crippen molar-refractivity contribution >= 4 is 17.8 Å². The number of carbonyl (C=O) groups is 1. The normalized spacial score (nSPS) is 15.9. The second-order valence-corrected chi connectivity index (χ2v) is 4.85. The Kier molecular flexibility index (Phi) is 4.08. The van der Waals surface area contributed by atoms with Crippen LogP contribution >= 0.6 is 11.8 Å². The van der Waals surface area contributed by atoms with Gasteiger partial charge in [-0.2, -0.15) is 11.8 Å². The third kappa shape index (κ3) is 3.52. The van der Waals surface area contributed by atoms with E-state index < -0.39 is 5.76 Å². The van der Waals surface area contributed by atoms with Gasteiger partial charge in [0.05, 0.1) is 0 Å². The summed E-state index contributed by atoms with van der Waals surface area (Å²) < 4.78 is 4.35. The van der Waals surface area contributed by atoms with Gasteiger partial charge < -0.3 is 10.2 Å². The second kappa shape index (κ2) is 5.76. The Morgan fingerprint density at radius 2 is 2.29 bits per heavy atom. The van der Waals surface area contributed by atoms with Crippen LogP contribution in [0.15, 0.2) is 9.32 Å². The molecule has 2 amide bonds. The minimum absolute atomic E-state index is 0.0591. The molecule has 1 aliphatic rings. The Labute approximate surface area is 102 Å². The fourth-order valence-electron chi connectivity index (χ4n) is 1.53. The number of hydrogen-bond donors (Lipinski definition) is 2. The predicted octanol–water partition coefficient (Wildman–Crippen LogP) is -0.336. The molecule has 2 N–H and O–H groups in total. The number of H-pyrrole nitrogens is 1. The zero-order valence-corrected chi connectivity index (χ0v) is 10.1. The molecule has 1 aliphatic heterocycles. The Morgan fingerprint density at radius 3 is 2.94 bits per heavy atom. The van der Waals surface area contributed by atoms with Crippen molar-refractivity contribution in [2.24, 2.45) is 0 Å². The van der Waals surface area contributed by atoms with Crippen LogP contribution in [0.4, 0.5) is 4.79 Å². The van der Waals surface area contributed by atoms with Crippen LogP contribution in [0.25, 0.3) is 0 Å². The molecule has 2 rings (SSSR count). The van der Waals surface area contributed by atoms with Gasteiger partial charge in [-0.25, -0.2) is 9.59 Å². The van der Waals surface area contributed by atoms with Crippen molar-refractivity contribution in [3.8, 4) is 0 Å². The summed E-state index contributed by atoms with van der Waals surface area (Å²) in [6.45, 7) is 2.01. The first-order valence-corrected chi connectivity index (χ1v) is 6.56. The molecule has 17 heavy (non-hydrogen) atoms. The largest absolute Gasteiger partial charge is 0.438 e. The lowest BCUT2D eigenvalue weighted by atomic mass is 10.4. The van der Waals surface area contributed by atoms with Gasteiger partial charge in [-0.3, -0.25) is 9.51 Å². The standard InChI is InChI=1S/C9H14N4O3S/c14-8(13-3-5-17-6-4-13)10-2-1-7-11-9(15)16-12-7/h1-6H2,(H,10,14)(H,11,12,15). The van der Waals surface area contributed by atoms with Crippen molar-refractivity contribution in [1.82, 2.24) is 20.4 Å². The molecular formula is C9H14N4O3S. The van der Waals surface area contributed by atoms with Crippen molar-refractivity contribution in [1.29, 1.82) is 0 Å². The van der Waals surface area contributed by atoms with Crippen molar-refractivity contribution in [2.75, 3.05) is 31.1 Å². The summed E-state index contributed by atoms with van der Waals surface area (Å²) in [5.41, 5.74) is 0. The van der Waals surface area contributed by atoms with Crippen molar-refractivity contribution < 1.29 is 9.32 Å². The number of nitrogens with zero attached hydrogens (tertiary/aromatic N) is 2. The SMILES string of the molecule is O=C(NCCc1noc(=O)[nH]1)N1CCSCC1. The molecule has 1 aromatic heterocycles. The maximum atomic E-state index is 11.7. The molecule has 0 unspecified atom stereocenters. The molecule has 2 heterocycles. The molecule has 1 fully saturated rings. The van der Waals surface area contributed by atoms with E-state index in [9.17, 15) is 9.59 Å². The lowest BCUT2D eigenvalue weighted by Crippen LogP contribution is -2.44. The van der Waals surface area contributed by atoms with Crippen LogP contribution < -0.4 is 11.1 Å². The first-order chi connectivity index (χ1) is 8.25. The lowest BCUT2D eigenvalue weighted by molar-refractivity contribution is 0.203. The van der Waals surface area contributed by atoms with Gasteiger partial charge >= 0.3 is 11.8 Å². The molecule has 1 saturated heterocycles. The van der Waals surface area contributed by atoms with Crippen molar-refractivity contribution in [3.05, 3.63) is 16.4 Å². The van der Waals surface area contributed by atoms with Crippen LogP contribution in [0, 0.1) is 0 Å². The minimum atomic E-state index is -0.570. The zero-order valence-electron chi connectivity index (χ0n) is 9.27. The first-order valence-electron chi connectivity index (χ1n) is 5.41. The minimum Gasteiger partial charge on any atom is -0.338 e. The highest BCUT2D eigenvalue weighted by molar-refractivity contribution is 7.99. The molecule has 0 aromatic carbocycles. The summed E-state index contributed by atoms with van der Waals surface area (Å²) in [7, 11) is 0. The molecule has 0 saturated carbocycles. The summed E-state index contributed by atoms with van der Waals surface area (Å²) >= 11 is 1.86. The molecule has 0 atom stereocenters. The summed E-state index contributed by atoms with van der Waals surface area (Å²) in [6.07, 6.45) is 0.458. The van der Waals surface area contributed by atoms with Crippen LogP contribution in [0.5, 0.6) is 0 Å². The fraction of sp³-hybridized carbons (Fsp3) is 0.667. The third-order valence-electron chi connectivity index (χ3n) is 2.42. The molecule has 7 nitrogen and oxygen atoms in total. The van der Waals surface area contributed by atoms with Gasteiger partial charge in [-0.05, 0) is 0 Å². The maximum Gasteiger partial charge on any atom is 0.438 e. The molecular weight excluding hydrogens is 244 g/mol. The van der Waals surface area contributed by atoms with Gasteiger partial charge in [-0.15, -0.1) is 0 Å². The second-order valence-electron chi connectivity index (χ2n) is 3.62. The molecule has 0 bridgehead atoms. The van der Waals surface area contributed by atoms with Crippen LogP contribution in [0.3, 0.4) is 0 Å². The molecule has 8 heteroatoms. The van der Waals surface area contributed by atoms with Crippen molar-refractivity contribution in [2.45, 2.75) is 6.42 Å². The van der Waals surface area contributed by atoms with Crippen LogP contribution in [-0.2, 0) is 6.42 Å². The van der Waals surface area contributed by atoms with E-state index in [2.05, 4.69) is 20.0 Å². The van der Waals surface area contributed by atoms with Gasteiger partial charge in [0.15, 0.2) is 5.82 Å². The summed E-state index contributed by atoms with van der Waals surface area (Å²) in [5.74, 6) is 1.86. The number of hydrogen-bond acceptors (Lipinski definition) is 5. The highest BCUT2D eigenvalue weighted by Gasteiger charge is 2.15. The highest BCUT2D eigenvalue weighted by Crippen LogP contribution is 2.08. The predicted molar refractivity (Wildman–Crippen MR) is 63.1 cm³/mol. The van der Waals surface area contributed by atoms with E-state index in [4.69, 9.17) is 0 Å². The van der Waals surface area contributed by atoms with Gasteiger partial charge in [0.1, 0.15) is 0 Å². The molecule has 94 valence electrons. The van der Waals surface area contributed by atoms with Crippen molar-refractivity contribution in [3.63, 3.8) is 0 Å². The van der Waals surface area contributed by atoms with E-state index in [1.807, 2.05) is 11.8 Å². The van der Waals surface area contributed by atoms with Crippen LogP contribution in [-0.4, -0.2) is 52.2 Å². The number of nitrogens with one attached hydrogen (secondary N) is 2. The van der Waals surface area contributed by atoms with E-state index in [0.717, 1.165) is 24.6 Å². The average Bonchev–Trinajstić information content (AvgIpc) is 2.76. The van der Waals surface area contributed by atoms with Crippen LogP contribution in [0.1, 0.15) is 5.82 Å². The first kappa shape index (κ1) is 12.0. The van der Waals surface area contributed by atoms with Gasteiger partial charge in [-0.1, -0.05) is 5.16 Å². The number of urea groups is 1. The number of carbonyl (C=O) groups excluding carboxylic acids is 1. The molecule has 1 aromatic rings. The Balaban J connectivity index is 1.70. The van der Waals surface area contributed by atoms with E-state index in [1.54, 1.807) is 4.90 Å². The lowest BCUT2D eigenvalue weighted by Gasteiger charge is -2.26. The Morgan fingerprint density at radius 1 is 1.53 bits per heavy atom. The van der Waals surface area contributed by atoms with E-state index in [-0.39, 0.29) is 6.03 Å². The maximum absolute atomic E-state index is 11.7. The summed E-state index contributed by atoms with van der Waals surface area (Å²) in [5, 5.41) is 6.30. The van der Waals surface area contributed by atoms with Gasteiger partial charge in [0.2, 0.25) is 0 Å². The smallest absolute Gasteiger partial charge is 0.338 e. The topological polar surface area (TPSA) is 91.2 Å². The number of aromatic nitrogens is 2. The third-order valence-corrected chi connectivity index (χ3v) is 3.36. The number of amides is 2. The highest BCUT2D eigenvalue weighted by atomic mass is 32.2. The molecule has 0 aliphatic carbocycles. The van der Waals surface area contributed by atoms with E-state index in [1.165, 1.54) is 0 Å². The summed E-state index contributed by atoms with van der Waals surface area (Å²) in [6, 6.07) is -0.0591. The summed E-state index contributed by atoms with van der Waals surface area (Å²) in [4.78, 5) is 26.6. The average molecular weight is 258 g/mol. The number of thioether (sulfide) groups is 1. The Hall–Kier alpha value is -1.44. The zero-order chi connectivity index (χ0) is 12.1. The molecule has 0 radical (unpaired) electrons. The number of aromatic amines is 1. The monoisotopic (exact) mass is 258 g/mol. The fourth-order valence-corrected chi connectivity index (χ4v) is 2.44. The molecule has 0 spiro atoms. The van der Waals surface area contributed by atoms with Crippen LogP contribution in [0.2, 0.25) is 0 Å². The van der Waals surface area contributed by atoms with Gasteiger partial charge in [0.25, 0.3) is 0 Å². The quantitative estimate of drug-likeness (QED) is 0.774. The number of rotatable bonds is 3. The van der Waals surface area contributed by atoms with E-state index in [0.29, 0.717) is 18.8 Å².